The molecular formula is C85H92N2Si4. The first-order valence-corrected chi connectivity index (χ1v) is 46.9. The first-order chi connectivity index (χ1) is 43.0. The Morgan fingerprint density at radius 3 is 0.747 bits per heavy atom. The topological polar surface area (TPSA) is 6.48 Å². The van der Waals surface area contributed by atoms with Gasteiger partial charge in [0.1, 0.15) is 0 Å². The third-order valence-electron chi connectivity index (χ3n) is 20.4. The summed E-state index contributed by atoms with van der Waals surface area (Å²) in [5.74, 6) is 0. The molecule has 0 saturated carbocycles. The molecule has 0 bridgehead atoms. The van der Waals surface area contributed by atoms with E-state index in [-0.39, 0.29) is 16.2 Å². The highest BCUT2D eigenvalue weighted by molar-refractivity contribution is 6.89. The third-order valence-corrected chi connectivity index (χ3v) is 27.8. The molecule has 91 heavy (non-hydrogen) atoms. The van der Waals surface area contributed by atoms with Crippen LogP contribution >= 0.6 is 0 Å². The maximum Gasteiger partial charge on any atom is 0.0775 e. The van der Waals surface area contributed by atoms with Crippen molar-refractivity contribution in [1.82, 2.24) is 0 Å². The van der Waals surface area contributed by atoms with E-state index in [1.54, 1.807) is 0 Å². The molecule has 0 aliphatic heterocycles. The molecule has 0 N–H and O–H groups in total. The van der Waals surface area contributed by atoms with Gasteiger partial charge in [0.25, 0.3) is 0 Å². The number of rotatable bonds is 15. The Bertz CT molecular complexity index is 4460. The van der Waals surface area contributed by atoms with Crippen molar-refractivity contribution in [3.63, 3.8) is 0 Å². The van der Waals surface area contributed by atoms with Crippen molar-refractivity contribution in [3.8, 4) is 33.4 Å². The lowest BCUT2D eigenvalue weighted by Gasteiger charge is -2.29. The van der Waals surface area contributed by atoms with Crippen LogP contribution in [-0.4, -0.2) is 33.0 Å². The van der Waals surface area contributed by atoms with Gasteiger partial charge in [-0.15, -0.1) is 0 Å². The maximum atomic E-state index is 2.47. The van der Waals surface area contributed by atoms with Gasteiger partial charge in [-0.1, -0.05) is 292 Å². The second kappa shape index (κ2) is 22.8. The van der Waals surface area contributed by atoms with E-state index in [4.69, 9.17) is 0 Å². The first kappa shape index (κ1) is 62.0. The van der Waals surface area contributed by atoms with Crippen molar-refractivity contribution in [2.45, 2.75) is 136 Å². The molecule has 2 nitrogen and oxygen atoms in total. The summed E-state index contributed by atoms with van der Waals surface area (Å²) in [5, 5.41) is 4.43. The maximum absolute atomic E-state index is 2.47. The summed E-state index contributed by atoms with van der Waals surface area (Å²) in [6.45, 7) is 41.2. The SMILES string of the molecule is C[SiH](C)Cc1ccc(N(c2ccc([Si](C)(C)C)cc2)c2ccc3c(c2)C(C)(C)c2cc(/C=C/c4ccc5c(c4)C(C)(C)c4cc(/C=C/c6ccc7c(c6)C(C)(C)c6cc(N(c8ccc([Si](C)(C)C)cc8)c8ccc([Si](C)(C)C)cc8)ccc6-7)ccc4-5)ccc2-3)cc1. The van der Waals surface area contributed by atoms with Crippen LogP contribution in [0, 0.1) is 0 Å². The van der Waals surface area contributed by atoms with Crippen LogP contribution in [0.1, 0.15) is 103 Å². The molecule has 0 unspecified atom stereocenters. The van der Waals surface area contributed by atoms with Gasteiger partial charge in [0.05, 0.1) is 24.2 Å². The summed E-state index contributed by atoms with van der Waals surface area (Å²) in [7, 11) is -5.11. The van der Waals surface area contributed by atoms with E-state index in [9.17, 15) is 0 Å². The minimum absolute atomic E-state index is 0.154. The predicted octanol–water partition coefficient (Wildman–Crippen LogP) is 22.1. The second-order valence-corrected chi connectivity index (χ2v) is 50.0. The minimum Gasteiger partial charge on any atom is -0.310 e. The van der Waals surface area contributed by atoms with E-state index < -0.39 is 33.0 Å². The van der Waals surface area contributed by atoms with E-state index in [1.807, 2.05) is 0 Å². The number of anilines is 6. The second-order valence-electron chi connectivity index (χ2n) is 31.5. The summed E-state index contributed by atoms with van der Waals surface area (Å²) in [5.41, 5.74) is 29.3. The summed E-state index contributed by atoms with van der Waals surface area (Å²) in [4.78, 5) is 4.92. The van der Waals surface area contributed by atoms with Crippen LogP contribution in [0.4, 0.5) is 34.1 Å². The highest BCUT2D eigenvalue weighted by Gasteiger charge is 2.39. The largest absolute Gasteiger partial charge is 0.310 e. The van der Waals surface area contributed by atoms with E-state index in [1.165, 1.54) is 150 Å². The van der Waals surface area contributed by atoms with Gasteiger partial charge in [0.2, 0.25) is 0 Å². The quantitative estimate of drug-likeness (QED) is 0.0746. The highest BCUT2D eigenvalue weighted by Crippen LogP contribution is 2.54. The average molecular weight is 1250 g/mol. The standard InChI is InChI=1S/C85H92N2Si4/c1-83(2)77-50-57(18-20-59-26-46-73-75-48-36-66(54-81(75)84(3,4)79(73)52-59)86(62-28-22-61(23-29-62)56-88(7)8)63-30-38-68(39-31-63)89(9,10)11)24-44-71(77)72-45-25-58(51-78(72)83)19-21-60-27-47-74-76-49-37-67(55-82(76)85(5,6)80(74)53-60)87(64-32-40-69(41-33-64)90(12,13)14)65-34-42-70(43-35-65)91(15,16)17/h18-55,88H,56H2,1-17H3/b20-18+,21-19+. The smallest absolute Gasteiger partial charge is 0.0775 e. The number of hydrogen-bond donors (Lipinski definition) is 0. The fourth-order valence-electron chi connectivity index (χ4n) is 14.8. The molecule has 458 valence electrons. The van der Waals surface area contributed by atoms with Crippen molar-refractivity contribution in [2.75, 3.05) is 9.80 Å². The van der Waals surface area contributed by atoms with Crippen LogP contribution in [0.25, 0.3) is 57.7 Å². The fraction of sp³-hybridized carbons (Fsp3) is 0.247. The Kier molecular flexibility index (Phi) is 15.5. The van der Waals surface area contributed by atoms with Gasteiger partial charge >= 0.3 is 0 Å². The highest BCUT2D eigenvalue weighted by atomic mass is 28.3. The molecule has 0 aromatic heterocycles. The van der Waals surface area contributed by atoms with Crippen molar-refractivity contribution >= 4 is 107 Å². The van der Waals surface area contributed by atoms with E-state index >= 15 is 0 Å². The molecule has 3 aliphatic carbocycles. The fourth-order valence-corrected chi connectivity index (χ4v) is 19.5. The summed E-state index contributed by atoms with van der Waals surface area (Å²) in [6, 6.07) is 81.5. The lowest BCUT2D eigenvalue weighted by molar-refractivity contribution is 0.660. The van der Waals surface area contributed by atoms with Crippen molar-refractivity contribution in [1.29, 1.82) is 0 Å². The summed E-state index contributed by atoms with van der Waals surface area (Å²) >= 11 is 0. The van der Waals surface area contributed by atoms with E-state index in [0.29, 0.717) is 0 Å². The predicted molar refractivity (Wildman–Crippen MR) is 411 cm³/mol. The van der Waals surface area contributed by atoms with Crippen LogP contribution in [0.3, 0.4) is 0 Å². The molecule has 13 rings (SSSR count). The summed E-state index contributed by atoms with van der Waals surface area (Å²) in [6.07, 6.45) is 9.26. The number of nitrogens with zero attached hydrogens (tertiary/aromatic N) is 2. The molecule has 10 aromatic rings. The molecule has 0 fully saturated rings. The van der Waals surface area contributed by atoms with Crippen LogP contribution in [0.5, 0.6) is 0 Å². The van der Waals surface area contributed by atoms with Gasteiger partial charge in [0, 0.05) is 59.2 Å². The van der Waals surface area contributed by atoms with Crippen LogP contribution < -0.4 is 25.4 Å². The van der Waals surface area contributed by atoms with Crippen molar-refractivity contribution in [2.24, 2.45) is 0 Å². The van der Waals surface area contributed by atoms with E-state index in [2.05, 4.69) is 354 Å². The van der Waals surface area contributed by atoms with E-state index in [0.717, 1.165) is 0 Å². The zero-order chi connectivity index (χ0) is 64.3. The molecule has 0 amide bonds. The lowest BCUT2D eigenvalue weighted by Crippen LogP contribution is -2.37. The molecular weight excluding hydrogens is 1160 g/mol. The minimum atomic E-state index is -1.46. The zero-order valence-corrected chi connectivity index (χ0v) is 61.3. The molecule has 3 aliphatic rings. The molecule has 0 heterocycles. The first-order valence-electron chi connectivity index (χ1n) is 33.3. The van der Waals surface area contributed by atoms with Gasteiger partial charge in [-0.25, -0.2) is 0 Å². The van der Waals surface area contributed by atoms with Crippen LogP contribution in [-0.2, 0) is 22.3 Å². The Labute approximate surface area is 549 Å². The molecule has 0 radical (unpaired) electrons. The van der Waals surface area contributed by atoms with Crippen LogP contribution in [0.15, 0.2) is 206 Å². The molecule has 0 saturated heterocycles. The Morgan fingerprint density at radius 1 is 0.286 bits per heavy atom. The monoisotopic (exact) mass is 1250 g/mol. The normalized spacial score (nSPS) is 15.0. The average Bonchev–Trinajstić information content (AvgIpc) is 1.60. The van der Waals surface area contributed by atoms with Gasteiger partial charge in [-0.05, 0) is 168 Å². The lowest BCUT2D eigenvalue weighted by atomic mass is 9.81. The Balaban J connectivity index is 0.725. The van der Waals surface area contributed by atoms with Gasteiger partial charge < -0.3 is 9.80 Å². The summed E-state index contributed by atoms with van der Waals surface area (Å²) < 4.78 is 0. The number of fused-ring (bicyclic) bond motifs is 9. The zero-order valence-electron chi connectivity index (χ0n) is 57.1. The van der Waals surface area contributed by atoms with Gasteiger partial charge in [-0.2, -0.15) is 0 Å². The van der Waals surface area contributed by atoms with Gasteiger partial charge in [0.15, 0.2) is 0 Å². The Hall–Kier alpha value is -7.85. The molecule has 0 spiro atoms. The van der Waals surface area contributed by atoms with Crippen LogP contribution in [0.2, 0.25) is 72.0 Å². The number of benzene rings is 10. The van der Waals surface area contributed by atoms with Crippen molar-refractivity contribution in [3.05, 3.63) is 267 Å². The van der Waals surface area contributed by atoms with Gasteiger partial charge in [-0.3, -0.25) is 0 Å². The van der Waals surface area contributed by atoms with Crippen molar-refractivity contribution < 1.29 is 0 Å². The Morgan fingerprint density at radius 2 is 0.505 bits per heavy atom. The number of hydrogen-bond acceptors (Lipinski definition) is 2. The molecule has 6 heteroatoms. The molecule has 10 aromatic carbocycles. The third kappa shape index (κ3) is 11.5. The molecule has 0 atom stereocenters.